The summed E-state index contributed by atoms with van der Waals surface area (Å²) in [5.41, 5.74) is 0.801. The molecular weight excluding hydrogens is 203 g/mol. The number of halogens is 1. The Hall–Kier alpha value is -1.05. The zero-order valence-electron chi connectivity index (χ0n) is 10.4. The van der Waals surface area contributed by atoms with Gasteiger partial charge in [-0.3, -0.25) is 0 Å². The van der Waals surface area contributed by atoms with Crippen LogP contribution in [-0.4, -0.2) is 7.11 Å². The molecule has 1 aromatic carbocycles. The average Bonchev–Trinajstić information content (AvgIpc) is 2.32. The first-order chi connectivity index (χ1) is 7.74. The van der Waals surface area contributed by atoms with Crippen molar-refractivity contribution in [2.24, 2.45) is 0 Å². The molecule has 0 aliphatic heterocycles. The molecule has 0 fully saturated rings. The van der Waals surface area contributed by atoms with Gasteiger partial charge in [0, 0.05) is 0 Å². The third-order valence-corrected chi connectivity index (χ3v) is 3.05. The van der Waals surface area contributed by atoms with Gasteiger partial charge in [0.1, 0.15) is 0 Å². The lowest BCUT2D eigenvalue weighted by atomic mass is 9.91. The van der Waals surface area contributed by atoms with Crippen molar-refractivity contribution in [3.05, 3.63) is 29.6 Å². The van der Waals surface area contributed by atoms with Gasteiger partial charge in [0.25, 0.3) is 0 Å². The van der Waals surface area contributed by atoms with E-state index in [4.69, 9.17) is 4.74 Å². The van der Waals surface area contributed by atoms with Crippen molar-refractivity contribution in [2.75, 3.05) is 7.11 Å². The lowest BCUT2D eigenvalue weighted by molar-refractivity contribution is 0.380. The van der Waals surface area contributed by atoms with E-state index in [1.807, 2.05) is 12.1 Å². The predicted octanol–water partition coefficient (Wildman–Crippen LogP) is 4.52. The van der Waals surface area contributed by atoms with Crippen LogP contribution in [0.3, 0.4) is 0 Å². The molecule has 0 saturated carbocycles. The Morgan fingerprint density at radius 1 is 1.31 bits per heavy atom. The summed E-state index contributed by atoms with van der Waals surface area (Å²) in [6.45, 7) is 4.27. The normalized spacial score (nSPS) is 12.5. The van der Waals surface area contributed by atoms with Crippen molar-refractivity contribution in [3.63, 3.8) is 0 Å². The first-order valence-electron chi connectivity index (χ1n) is 6.06. The largest absolute Gasteiger partial charge is 0.494 e. The van der Waals surface area contributed by atoms with Gasteiger partial charge in [0.2, 0.25) is 0 Å². The zero-order valence-corrected chi connectivity index (χ0v) is 10.4. The van der Waals surface area contributed by atoms with Crippen LogP contribution in [0.2, 0.25) is 0 Å². The summed E-state index contributed by atoms with van der Waals surface area (Å²) in [7, 11) is 1.51. The molecule has 1 unspecified atom stereocenters. The Morgan fingerprint density at radius 2 is 2.06 bits per heavy atom. The number of benzene rings is 1. The van der Waals surface area contributed by atoms with Crippen LogP contribution < -0.4 is 4.74 Å². The van der Waals surface area contributed by atoms with E-state index in [1.165, 1.54) is 7.11 Å². The van der Waals surface area contributed by atoms with Gasteiger partial charge in [0.15, 0.2) is 11.6 Å². The van der Waals surface area contributed by atoms with E-state index < -0.39 is 0 Å². The second-order valence-electron chi connectivity index (χ2n) is 4.11. The van der Waals surface area contributed by atoms with Gasteiger partial charge >= 0.3 is 0 Å². The van der Waals surface area contributed by atoms with Crippen molar-refractivity contribution >= 4 is 0 Å². The van der Waals surface area contributed by atoms with E-state index in [0.717, 1.165) is 31.2 Å². The van der Waals surface area contributed by atoms with Crippen molar-refractivity contribution < 1.29 is 9.13 Å². The van der Waals surface area contributed by atoms with E-state index in [9.17, 15) is 4.39 Å². The molecule has 1 atom stereocenters. The topological polar surface area (TPSA) is 9.23 Å². The Bertz CT molecular complexity index is 323. The molecule has 0 radical (unpaired) electrons. The molecule has 0 heterocycles. The summed E-state index contributed by atoms with van der Waals surface area (Å²) >= 11 is 0. The third kappa shape index (κ3) is 2.97. The smallest absolute Gasteiger partial charge is 0.168 e. The highest BCUT2D eigenvalue weighted by Crippen LogP contribution is 2.31. The molecule has 16 heavy (non-hydrogen) atoms. The van der Waals surface area contributed by atoms with Crippen LogP contribution in [-0.2, 0) is 0 Å². The molecule has 0 spiro atoms. The fourth-order valence-corrected chi connectivity index (χ4v) is 2.03. The molecular formula is C14H21FO. The maximum Gasteiger partial charge on any atom is 0.168 e. The number of hydrogen-bond acceptors (Lipinski definition) is 1. The van der Waals surface area contributed by atoms with Crippen LogP contribution in [0.1, 0.15) is 51.0 Å². The van der Waals surface area contributed by atoms with E-state index in [-0.39, 0.29) is 5.82 Å². The summed E-state index contributed by atoms with van der Waals surface area (Å²) < 4.78 is 19.0. The lowest BCUT2D eigenvalue weighted by Gasteiger charge is -2.16. The quantitative estimate of drug-likeness (QED) is 0.690. The molecule has 1 rings (SSSR count). The van der Waals surface area contributed by atoms with E-state index in [0.29, 0.717) is 11.7 Å². The van der Waals surface area contributed by atoms with E-state index >= 15 is 0 Å². The number of ether oxygens (including phenoxy) is 1. The summed E-state index contributed by atoms with van der Waals surface area (Å²) in [6.07, 6.45) is 4.33. The number of unbranched alkanes of at least 4 members (excludes halogenated alkanes) is 1. The zero-order chi connectivity index (χ0) is 12.0. The molecule has 0 aliphatic rings. The fourth-order valence-electron chi connectivity index (χ4n) is 2.03. The predicted molar refractivity (Wildman–Crippen MR) is 65.5 cm³/mol. The van der Waals surface area contributed by atoms with Crippen LogP contribution in [0, 0.1) is 5.82 Å². The van der Waals surface area contributed by atoms with Crippen molar-refractivity contribution in [1.29, 1.82) is 0 Å². The minimum Gasteiger partial charge on any atom is -0.494 e. The van der Waals surface area contributed by atoms with Crippen molar-refractivity contribution in [1.82, 2.24) is 0 Å². The second kappa shape index (κ2) is 6.51. The fraction of sp³-hybridized carbons (Fsp3) is 0.571. The van der Waals surface area contributed by atoms with Gasteiger partial charge in [-0.05, 0) is 30.4 Å². The molecule has 0 amide bonds. The lowest BCUT2D eigenvalue weighted by Crippen LogP contribution is -2.02. The van der Waals surface area contributed by atoms with Crippen LogP contribution in [0.4, 0.5) is 4.39 Å². The van der Waals surface area contributed by atoms with Gasteiger partial charge in [0.05, 0.1) is 7.11 Å². The summed E-state index contributed by atoms with van der Waals surface area (Å²) in [6, 6.07) is 5.42. The van der Waals surface area contributed by atoms with E-state index in [1.54, 1.807) is 6.07 Å². The molecule has 1 aromatic rings. The highest BCUT2D eigenvalue weighted by Gasteiger charge is 2.16. The Balaban J connectivity index is 2.91. The van der Waals surface area contributed by atoms with Gasteiger partial charge in [-0.25, -0.2) is 4.39 Å². The van der Waals surface area contributed by atoms with Gasteiger partial charge in [-0.1, -0.05) is 38.8 Å². The molecule has 0 N–H and O–H groups in total. The van der Waals surface area contributed by atoms with Gasteiger partial charge < -0.3 is 4.74 Å². The van der Waals surface area contributed by atoms with Crippen LogP contribution in [0.25, 0.3) is 0 Å². The van der Waals surface area contributed by atoms with Crippen LogP contribution in [0.15, 0.2) is 18.2 Å². The molecule has 1 nitrogen and oxygen atoms in total. The Labute approximate surface area is 97.6 Å². The van der Waals surface area contributed by atoms with E-state index in [2.05, 4.69) is 13.8 Å². The minimum absolute atomic E-state index is 0.187. The Kier molecular flexibility index (Phi) is 5.30. The average molecular weight is 224 g/mol. The second-order valence-corrected chi connectivity index (χ2v) is 4.11. The number of rotatable bonds is 6. The SMILES string of the molecule is CCCCC(CC)c1cccc(OC)c1F. The molecule has 0 aliphatic carbocycles. The highest BCUT2D eigenvalue weighted by molar-refractivity contribution is 5.33. The summed E-state index contributed by atoms with van der Waals surface area (Å²) in [5.74, 6) is 0.482. The van der Waals surface area contributed by atoms with Crippen LogP contribution in [0.5, 0.6) is 5.75 Å². The highest BCUT2D eigenvalue weighted by atomic mass is 19.1. The summed E-state index contributed by atoms with van der Waals surface area (Å²) in [5, 5.41) is 0. The minimum atomic E-state index is -0.187. The van der Waals surface area contributed by atoms with Crippen molar-refractivity contribution in [3.8, 4) is 5.75 Å². The van der Waals surface area contributed by atoms with Gasteiger partial charge in [-0.2, -0.15) is 0 Å². The van der Waals surface area contributed by atoms with Gasteiger partial charge in [-0.15, -0.1) is 0 Å². The summed E-state index contributed by atoms with van der Waals surface area (Å²) in [4.78, 5) is 0. The molecule has 2 heteroatoms. The third-order valence-electron chi connectivity index (χ3n) is 3.05. The monoisotopic (exact) mass is 224 g/mol. The molecule has 0 aromatic heterocycles. The standard InChI is InChI=1S/C14H21FO/c1-4-6-8-11(5-2)12-9-7-10-13(16-3)14(12)15/h7,9-11H,4-6,8H2,1-3H3. The maximum absolute atomic E-state index is 14.0. The first kappa shape index (κ1) is 13.0. The maximum atomic E-state index is 14.0. The van der Waals surface area contributed by atoms with Crippen molar-refractivity contribution in [2.45, 2.75) is 45.4 Å². The molecule has 0 saturated heterocycles. The number of methoxy groups -OCH3 is 1. The molecule has 90 valence electrons. The van der Waals surface area contributed by atoms with Crippen LogP contribution >= 0.6 is 0 Å². The molecule has 0 bridgehead atoms. The Morgan fingerprint density at radius 3 is 2.62 bits per heavy atom. The first-order valence-corrected chi connectivity index (χ1v) is 6.06. The number of hydrogen-bond donors (Lipinski definition) is 0.